The lowest BCUT2D eigenvalue weighted by molar-refractivity contribution is -1.10. The summed E-state index contributed by atoms with van der Waals surface area (Å²) in [5.41, 5.74) is -0.403. The molecule has 2 bridgehead atoms. The second-order valence-corrected chi connectivity index (χ2v) is 7.45. The van der Waals surface area contributed by atoms with Crippen molar-refractivity contribution in [3.63, 3.8) is 0 Å². The molecule has 2 saturated carbocycles. The molecule has 2 aliphatic rings. The summed E-state index contributed by atoms with van der Waals surface area (Å²) in [5, 5.41) is 10.8. The minimum Gasteiger partial charge on any atom is -0.299 e. The lowest BCUT2D eigenvalue weighted by atomic mass is 9.68. The highest BCUT2D eigenvalue weighted by Gasteiger charge is 2.66. The van der Waals surface area contributed by atoms with E-state index in [0.717, 1.165) is 12.8 Å². The van der Waals surface area contributed by atoms with Crippen molar-refractivity contribution >= 4 is 29.0 Å². The molecule has 1 N–H and O–H groups in total. The summed E-state index contributed by atoms with van der Waals surface area (Å²) in [4.78, 5) is 12.2. The third-order valence-electron chi connectivity index (χ3n) is 5.83. The maximum absolute atomic E-state index is 12.2. The maximum Gasteiger partial charge on any atom is 0.139 e. The smallest absolute Gasteiger partial charge is 0.139 e. The Balaban J connectivity index is 2.23. The second kappa shape index (κ2) is 5.18. The fourth-order valence-electron chi connectivity index (χ4n) is 4.25. The first-order valence-electron chi connectivity index (χ1n) is 7.05. The SMILES string of the molecule is CC12CCC(CC1=O)C2(C)C[N+](O)(CCCl)CCCl. The number of fused-ring (bicyclic) bond motifs is 2. The summed E-state index contributed by atoms with van der Waals surface area (Å²) in [6.45, 7) is 5.80. The maximum atomic E-state index is 12.2. The van der Waals surface area contributed by atoms with E-state index < -0.39 is 0 Å². The molecule has 0 aromatic heterocycles. The van der Waals surface area contributed by atoms with Gasteiger partial charge in [-0.05, 0) is 18.8 Å². The fraction of sp³-hybridized carbons (Fsp3) is 0.929. The monoisotopic (exact) mass is 308 g/mol. The third kappa shape index (κ3) is 2.33. The number of Topliss-reactive ketones (excluding diaryl/α,β-unsaturated/α-hetero) is 1. The number of carbonyl (C=O) groups excluding carboxylic acids is 1. The Labute approximate surface area is 125 Å². The van der Waals surface area contributed by atoms with Gasteiger partial charge in [0.05, 0.1) is 11.8 Å². The highest BCUT2D eigenvalue weighted by molar-refractivity contribution is 6.18. The topological polar surface area (TPSA) is 37.3 Å². The predicted molar refractivity (Wildman–Crippen MR) is 76.6 cm³/mol. The van der Waals surface area contributed by atoms with Crippen LogP contribution in [-0.2, 0) is 4.79 Å². The van der Waals surface area contributed by atoms with E-state index in [1.807, 2.05) is 0 Å². The molecular weight excluding hydrogens is 285 g/mol. The van der Waals surface area contributed by atoms with Gasteiger partial charge in [-0.25, -0.2) is 5.21 Å². The van der Waals surface area contributed by atoms with Crippen LogP contribution in [0, 0.1) is 16.7 Å². The van der Waals surface area contributed by atoms with Gasteiger partial charge >= 0.3 is 0 Å². The first-order chi connectivity index (χ1) is 8.81. The molecule has 0 aliphatic heterocycles. The van der Waals surface area contributed by atoms with E-state index >= 15 is 0 Å². The number of hydrogen-bond acceptors (Lipinski definition) is 2. The van der Waals surface area contributed by atoms with E-state index in [2.05, 4.69) is 13.8 Å². The Morgan fingerprint density at radius 1 is 1.32 bits per heavy atom. The van der Waals surface area contributed by atoms with E-state index in [4.69, 9.17) is 23.2 Å². The minimum atomic E-state index is -0.275. The van der Waals surface area contributed by atoms with Gasteiger partial charge in [0.25, 0.3) is 0 Å². The molecule has 110 valence electrons. The number of rotatable bonds is 6. The summed E-state index contributed by atoms with van der Waals surface area (Å²) in [6.07, 6.45) is 2.73. The molecule has 0 spiro atoms. The molecule has 3 atom stereocenters. The van der Waals surface area contributed by atoms with Crippen LogP contribution in [-0.4, -0.2) is 47.0 Å². The average molecular weight is 309 g/mol. The van der Waals surface area contributed by atoms with Crippen molar-refractivity contribution < 1.29 is 14.6 Å². The Morgan fingerprint density at radius 2 is 1.89 bits per heavy atom. The molecule has 5 heteroatoms. The van der Waals surface area contributed by atoms with Crippen LogP contribution in [0.5, 0.6) is 0 Å². The van der Waals surface area contributed by atoms with Crippen molar-refractivity contribution in [2.45, 2.75) is 33.1 Å². The molecule has 0 aromatic rings. The van der Waals surface area contributed by atoms with Gasteiger partial charge in [-0.3, -0.25) is 4.79 Å². The van der Waals surface area contributed by atoms with Gasteiger partial charge in [-0.1, -0.05) is 13.8 Å². The van der Waals surface area contributed by atoms with Crippen molar-refractivity contribution in [1.82, 2.24) is 0 Å². The van der Waals surface area contributed by atoms with Crippen LogP contribution in [0.1, 0.15) is 33.1 Å². The summed E-state index contributed by atoms with van der Waals surface area (Å²) in [6, 6.07) is 0. The standard InChI is InChI=1S/C14H24Cl2NO2/c1-13-4-3-11(9-12(13)18)14(13,2)10-17(19,7-5-15)8-6-16/h11,19H,3-10H2,1-2H3/q+1. The lowest BCUT2D eigenvalue weighted by Crippen LogP contribution is -2.56. The van der Waals surface area contributed by atoms with Gasteiger partial charge in [-0.2, -0.15) is 4.65 Å². The van der Waals surface area contributed by atoms with Gasteiger partial charge in [0.15, 0.2) is 0 Å². The summed E-state index contributed by atoms with van der Waals surface area (Å²) < 4.78 is -0.108. The normalized spacial score (nSPS) is 38.2. The van der Waals surface area contributed by atoms with Gasteiger partial charge in [0.1, 0.15) is 25.4 Å². The van der Waals surface area contributed by atoms with Gasteiger partial charge in [-0.15, -0.1) is 23.2 Å². The molecule has 0 amide bonds. The molecule has 0 heterocycles. The highest BCUT2D eigenvalue weighted by Crippen LogP contribution is 2.64. The van der Waals surface area contributed by atoms with Crippen molar-refractivity contribution in [1.29, 1.82) is 0 Å². The summed E-state index contributed by atoms with van der Waals surface area (Å²) in [5.74, 6) is 1.58. The molecule has 19 heavy (non-hydrogen) atoms. The molecule has 2 fully saturated rings. The fourth-order valence-corrected chi connectivity index (χ4v) is 4.88. The molecule has 3 nitrogen and oxygen atoms in total. The average Bonchev–Trinajstić information content (AvgIpc) is 2.63. The van der Waals surface area contributed by atoms with Crippen molar-refractivity contribution in [2.75, 3.05) is 31.4 Å². The second-order valence-electron chi connectivity index (χ2n) is 6.69. The van der Waals surface area contributed by atoms with E-state index in [0.29, 0.717) is 49.5 Å². The van der Waals surface area contributed by atoms with Crippen molar-refractivity contribution in [2.24, 2.45) is 16.7 Å². The van der Waals surface area contributed by atoms with Gasteiger partial charge < -0.3 is 0 Å². The largest absolute Gasteiger partial charge is 0.299 e. The highest BCUT2D eigenvalue weighted by atomic mass is 35.5. The Hall–Kier alpha value is 0.170. The van der Waals surface area contributed by atoms with Crippen LogP contribution in [0.2, 0.25) is 0 Å². The molecule has 0 saturated heterocycles. The number of halogens is 2. The van der Waals surface area contributed by atoms with E-state index in [-0.39, 0.29) is 15.5 Å². The Kier molecular flexibility index (Phi) is 4.24. The van der Waals surface area contributed by atoms with Crippen LogP contribution < -0.4 is 0 Å². The number of hydrogen-bond donors (Lipinski definition) is 1. The zero-order valence-corrected chi connectivity index (χ0v) is 13.3. The van der Waals surface area contributed by atoms with E-state index in [1.165, 1.54) is 0 Å². The van der Waals surface area contributed by atoms with Crippen LogP contribution >= 0.6 is 23.2 Å². The van der Waals surface area contributed by atoms with E-state index in [9.17, 15) is 10.0 Å². The van der Waals surface area contributed by atoms with E-state index in [1.54, 1.807) is 0 Å². The van der Waals surface area contributed by atoms with Gasteiger partial charge in [0.2, 0.25) is 0 Å². The van der Waals surface area contributed by atoms with Gasteiger partial charge in [0, 0.05) is 17.3 Å². The lowest BCUT2D eigenvalue weighted by Gasteiger charge is -2.42. The zero-order valence-electron chi connectivity index (χ0n) is 11.8. The number of alkyl halides is 2. The molecule has 2 aliphatic carbocycles. The predicted octanol–water partition coefficient (Wildman–Crippen LogP) is 3.07. The van der Waals surface area contributed by atoms with Crippen LogP contribution in [0.4, 0.5) is 0 Å². The summed E-state index contributed by atoms with van der Waals surface area (Å²) >= 11 is 11.6. The molecule has 3 unspecified atom stereocenters. The van der Waals surface area contributed by atoms with Crippen LogP contribution in [0.3, 0.4) is 0 Å². The number of carbonyl (C=O) groups is 1. The van der Waals surface area contributed by atoms with Crippen LogP contribution in [0.15, 0.2) is 0 Å². The number of quaternary nitrogens is 1. The number of nitrogens with zero attached hydrogens (tertiary/aromatic N) is 1. The quantitative estimate of drug-likeness (QED) is 0.465. The first kappa shape index (κ1) is 15.6. The molecule has 0 aromatic carbocycles. The molecule has 2 rings (SSSR count). The third-order valence-corrected chi connectivity index (χ3v) is 6.16. The molecule has 0 radical (unpaired) electrons. The number of hydroxylamine groups is 3. The Morgan fingerprint density at radius 3 is 2.26 bits per heavy atom. The number of ketones is 1. The van der Waals surface area contributed by atoms with Crippen LogP contribution in [0.25, 0.3) is 0 Å². The Bertz CT molecular complexity index is 370. The minimum absolute atomic E-state index is 0.108. The van der Waals surface area contributed by atoms with Crippen molar-refractivity contribution in [3.8, 4) is 0 Å². The summed E-state index contributed by atoms with van der Waals surface area (Å²) in [7, 11) is 0. The van der Waals surface area contributed by atoms with Crippen molar-refractivity contribution in [3.05, 3.63) is 0 Å². The first-order valence-corrected chi connectivity index (χ1v) is 8.12. The zero-order chi connectivity index (χ0) is 14.3. The molecular formula is C14H24Cl2NO2+.